The molecular formula is C40H47N7O5S. The molecule has 13 heteroatoms. The van der Waals surface area contributed by atoms with Crippen molar-refractivity contribution in [2.45, 2.75) is 43.2 Å². The maximum atomic E-state index is 14.7. The van der Waals surface area contributed by atoms with Gasteiger partial charge < -0.3 is 19.9 Å². The Morgan fingerprint density at radius 1 is 0.868 bits per heavy atom. The van der Waals surface area contributed by atoms with Crippen molar-refractivity contribution in [1.29, 1.82) is 0 Å². The fourth-order valence-corrected chi connectivity index (χ4v) is 8.76. The first-order chi connectivity index (χ1) is 25.8. The minimum absolute atomic E-state index is 0.101. The lowest BCUT2D eigenvalue weighted by Gasteiger charge is -2.39. The fraction of sp³-hybridized carbons (Fsp3) is 0.375. The number of benzene rings is 4. The lowest BCUT2D eigenvalue weighted by molar-refractivity contribution is 0.115. The van der Waals surface area contributed by atoms with Gasteiger partial charge >= 0.3 is 0 Å². The van der Waals surface area contributed by atoms with Crippen LogP contribution < -0.4 is 19.5 Å². The molecule has 0 unspecified atom stereocenters. The monoisotopic (exact) mass is 737 g/mol. The largest absolute Gasteiger partial charge is 0.497 e. The molecule has 0 spiro atoms. The van der Waals surface area contributed by atoms with Gasteiger partial charge in [0.05, 0.1) is 37.8 Å². The predicted octanol–water partition coefficient (Wildman–Crippen LogP) is 4.48. The molecule has 2 saturated heterocycles. The highest BCUT2D eigenvalue weighted by Crippen LogP contribution is 2.40. The maximum Gasteiger partial charge on any atom is 0.241 e. The highest BCUT2D eigenvalue weighted by Gasteiger charge is 2.31. The molecular weight excluding hydrogens is 691 g/mol. The second-order valence-corrected chi connectivity index (χ2v) is 15.5. The number of ether oxygens (including phenoxy) is 2. The van der Waals surface area contributed by atoms with E-state index in [0.29, 0.717) is 42.7 Å². The van der Waals surface area contributed by atoms with Crippen LogP contribution in [0.2, 0.25) is 0 Å². The van der Waals surface area contributed by atoms with Gasteiger partial charge in [0.2, 0.25) is 15.8 Å². The Kier molecular flexibility index (Phi) is 11.5. The summed E-state index contributed by atoms with van der Waals surface area (Å²) in [5.74, 6) is 2.41. The number of sulfonamides is 1. The Morgan fingerprint density at radius 2 is 1.53 bits per heavy atom. The topological polar surface area (TPSA) is 144 Å². The minimum Gasteiger partial charge on any atom is -0.497 e. The van der Waals surface area contributed by atoms with Gasteiger partial charge in [-0.1, -0.05) is 60.7 Å². The molecule has 2 aliphatic heterocycles. The van der Waals surface area contributed by atoms with Crippen LogP contribution in [0.3, 0.4) is 0 Å². The number of nitrogens with zero attached hydrogens (tertiary/aromatic N) is 5. The molecule has 3 N–H and O–H groups in total. The zero-order chi connectivity index (χ0) is 36.8. The SMILES string of the molecule is COc1ccc(CNS(=O)(=O)c2c(CC3CCNCC3)ccc(-c3ccc(C4CN(CCO)C4)cc3)c2-c2nnn(Cc3ccc(OC)cc3)n2)cc1. The number of aromatic nitrogens is 4. The molecule has 5 aromatic rings. The molecule has 2 aliphatic rings. The molecule has 7 rings (SSSR count). The molecule has 1 aromatic heterocycles. The number of hydrogen-bond donors (Lipinski definition) is 3. The molecule has 3 heterocycles. The number of methoxy groups -OCH3 is 2. The molecule has 0 radical (unpaired) electrons. The summed E-state index contributed by atoms with van der Waals surface area (Å²) >= 11 is 0. The quantitative estimate of drug-likeness (QED) is 0.141. The first kappa shape index (κ1) is 36.7. The Balaban J connectivity index is 1.30. The summed E-state index contributed by atoms with van der Waals surface area (Å²) < 4.78 is 43.0. The van der Waals surface area contributed by atoms with Gasteiger partial charge in [-0.05, 0) is 101 Å². The van der Waals surface area contributed by atoms with E-state index < -0.39 is 10.0 Å². The Bertz CT molecular complexity index is 2080. The summed E-state index contributed by atoms with van der Waals surface area (Å²) in [5.41, 5.74) is 5.72. The van der Waals surface area contributed by atoms with Crippen LogP contribution >= 0.6 is 0 Å². The number of aliphatic hydroxyl groups is 1. The van der Waals surface area contributed by atoms with E-state index in [-0.39, 0.29) is 23.9 Å². The van der Waals surface area contributed by atoms with Crippen LogP contribution in [0.1, 0.15) is 41.0 Å². The molecule has 0 atom stereocenters. The number of nitrogens with one attached hydrogen (secondary N) is 2. The average Bonchev–Trinajstić information content (AvgIpc) is 3.64. The Labute approximate surface area is 311 Å². The van der Waals surface area contributed by atoms with Crippen molar-refractivity contribution >= 4 is 10.0 Å². The molecule has 4 aromatic carbocycles. The summed E-state index contributed by atoms with van der Waals surface area (Å²) in [6.45, 7) is 4.89. The summed E-state index contributed by atoms with van der Waals surface area (Å²) in [5, 5.41) is 26.5. The van der Waals surface area contributed by atoms with Crippen LogP contribution in [0, 0.1) is 5.92 Å². The maximum absolute atomic E-state index is 14.7. The molecule has 278 valence electrons. The second kappa shape index (κ2) is 16.6. The number of likely N-dealkylation sites (tertiary alicyclic amines) is 1. The van der Waals surface area contributed by atoms with Crippen LogP contribution in [-0.4, -0.2) is 92.2 Å². The van der Waals surface area contributed by atoms with Gasteiger partial charge in [-0.25, -0.2) is 13.1 Å². The molecule has 2 fully saturated rings. The van der Waals surface area contributed by atoms with E-state index in [2.05, 4.69) is 49.5 Å². The van der Waals surface area contributed by atoms with Gasteiger partial charge in [0, 0.05) is 32.1 Å². The standard InChI is InChI=1S/C40H47N7O5S/c1-51-35-12-3-29(4-13-35)24-42-53(49,50)39-33(23-28-17-19-41-20-18-28)11-16-37(32-9-7-31(8-10-32)34-26-46(27-34)21-22-48)38(39)40-43-45-47(44-40)25-30-5-14-36(52-2)15-6-30/h3-16,28,34,41-42,48H,17-27H2,1-2H3. The molecule has 0 amide bonds. The first-order valence-corrected chi connectivity index (χ1v) is 19.7. The molecule has 53 heavy (non-hydrogen) atoms. The van der Waals surface area contributed by atoms with Gasteiger partial charge in [0.25, 0.3) is 0 Å². The summed E-state index contributed by atoms with van der Waals surface area (Å²) in [6, 6.07) is 27.3. The fourth-order valence-electron chi connectivity index (χ4n) is 7.29. The van der Waals surface area contributed by atoms with E-state index in [1.807, 2.05) is 60.7 Å². The smallest absolute Gasteiger partial charge is 0.241 e. The van der Waals surface area contributed by atoms with Crippen molar-refractivity contribution in [2.24, 2.45) is 5.92 Å². The number of hydrogen-bond acceptors (Lipinski definition) is 10. The number of rotatable bonds is 15. The van der Waals surface area contributed by atoms with Crippen molar-refractivity contribution in [2.75, 3.05) is 53.6 Å². The predicted molar refractivity (Wildman–Crippen MR) is 203 cm³/mol. The van der Waals surface area contributed by atoms with Gasteiger partial charge in [-0.3, -0.25) is 4.90 Å². The van der Waals surface area contributed by atoms with Crippen molar-refractivity contribution in [1.82, 2.24) is 35.1 Å². The van der Waals surface area contributed by atoms with Crippen LogP contribution in [0.25, 0.3) is 22.5 Å². The van der Waals surface area contributed by atoms with E-state index in [9.17, 15) is 13.5 Å². The lowest BCUT2D eigenvalue weighted by atomic mass is 9.87. The first-order valence-electron chi connectivity index (χ1n) is 18.2. The number of aliphatic hydroxyl groups excluding tert-OH is 1. The third-order valence-corrected chi connectivity index (χ3v) is 11.9. The minimum atomic E-state index is -4.10. The zero-order valence-corrected chi connectivity index (χ0v) is 31.1. The average molecular weight is 738 g/mol. The van der Waals surface area contributed by atoms with Crippen molar-refractivity contribution in [3.63, 3.8) is 0 Å². The van der Waals surface area contributed by atoms with E-state index in [1.165, 1.54) is 10.4 Å². The van der Waals surface area contributed by atoms with Gasteiger partial charge in [0.15, 0.2) is 0 Å². The summed E-state index contributed by atoms with van der Waals surface area (Å²) in [4.78, 5) is 3.92. The van der Waals surface area contributed by atoms with Crippen LogP contribution in [0.15, 0.2) is 89.8 Å². The van der Waals surface area contributed by atoms with E-state index in [0.717, 1.165) is 72.6 Å². The molecule has 0 bridgehead atoms. The summed E-state index contributed by atoms with van der Waals surface area (Å²) in [6.07, 6.45) is 2.54. The van der Waals surface area contributed by atoms with Gasteiger partial charge in [0.1, 0.15) is 11.5 Å². The van der Waals surface area contributed by atoms with Crippen molar-refractivity contribution in [3.05, 3.63) is 107 Å². The number of tetrazole rings is 1. The van der Waals surface area contributed by atoms with Crippen molar-refractivity contribution < 1.29 is 23.0 Å². The number of β-amino-alcohol motifs (C(OH)–C–C–N with tert-alkyl or cyclic N) is 1. The number of piperidine rings is 1. The second-order valence-electron chi connectivity index (χ2n) is 13.8. The highest BCUT2D eigenvalue weighted by atomic mass is 32.2. The molecule has 0 saturated carbocycles. The lowest BCUT2D eigenvalue weighted by Crippen LogP contribution is -2.46. The molecule has 0 aliphatic carbocycles. The highest BCUT2D eigenvalue weighted by molar-refractivity contribution is 7.89. The van der Waals surface area contributed by atoms with Gasteiger partial charge in [-0.2, -0.15) is 4.80 Å². The zero-order valence-electron chi connectivity index (χ0n) is 30.2. The van der Waals surface area contributed by atoms with Gasteiger partial charge in [-0.15, -0.1) is 10.2 Å². The third-order valence-electron chi connectivity index (χ3n) is 10.3. The van der Waals surface area contributed by atoms with E-state index >= 15 is 0 Å². The van der Waals surface area contributed by atoms with Crippen LogP contribution in [0.4, 0.5) is 0 Å². The summed E-state index contributed by atoms with van der Waals surface area (Å²) in [7, 11) is -0.875. The third kappa shape index (κ3) is 8.61. The van der Waals surface area contributed by atoms with Crippen LogP contribution in [0.5, 0.6) is 11.5 Å². The normalized spacial score (nSPS) is 15.7. The van der Waals surface area contributed by atoms with E-state index in [4.69, 9.17) is 14.6 Å². The Morgan fingerprint density at radius 3 is 2.17 bits per heavy atom. The van der Waals surface area contributed by atoms with Crippen molar-refractivity contribution in [3.8, 4) is 34.0 Å². The van der Waals surface area contributed by atoms with E-state index in [1.54, 1.807) is 14.2 Å². The molecule has 12 nitrogen and oxygen atoms in total. The Hall–Kier alpha value is -4.66. The van der Waals surface area contributed by atoms with Crippen LogP contribution in [-0.2, 0) is 29.5 Å².